The zero-order valence-electron chi connectivity index (χ0n) is 17.5. The SMILES string of the molecule is CCCCN(CCCC)c1ccc(N=Nc2snc(C)c2C#N)c(NC(C)=O)c1. The molecule has 2 aromatic rings. The van der Waals surface area contributed by atoms with Crippen molar-refractivity contribution in [2.45, 2.75) is 53.4 Å². The van der Waals surface area contributed by atoms with Gasteiger partial charge in [-0.25, -0.2) is 0 Å². The fourth-order valence-electron chi connectivity index (χ4n) is 2.82. The summed E-state index contributed by atoms with van der Waals surface area (Å²) in [6, 6.07) is 7.92. The molecule has 0 aliphatic carbocycles. The summed E-state index contributed by atoms with van der Waals surface area (Å²) in [6.45, 7) is 9.56. The van der Waals surface area contributed by atoms with Gasteiger partial charge >= 0.3 is 0 Å². The van der Waals surface area contributed by atoms with Gasteiger partial charge in [-0.1, -0.05) is 26.7 Å². The number of hydrogen-bond acceptors (Lipinski definition) is 7. The quantitative estimate of drug-likeness (QED) is 0.477. The molecule has 0 fully saturated rings. The van der Waals surface area contributed by atoms with Crippen LogP contribution in [0, 0.1) is 18.3 Å². The lowest BCUT2D eigenvalue weighted by atomic mass is 10.2. The van der Waals surface area contributed by atoms with Crippen LogP contribution in [0.25, 0.3) is 0 Å². The van der Waals surface area contributed by atoms with Crippen LogP contribution < -0.4 is 10.2 Å². The van der Waals surface area contributed by atoms with E-state index in [2.05, 4.69) is 44.7 Å². The highest BCUT2D eigenvalue weighted by molar-refractivity contribution is 7.10. The number of aromatic nitrogens is 1. The van der Waals surface area contributed by atoms with E-state index in [-0.39, 0.29) is 5.91 Å². The number of nitrogens with one attached hydrogen (secondary N) is 1. The Morgan fingerprint density at radius 3 is 2.52 bits per heavy atom. The van der Waals surface area contributed by atoms with Crippen molar-refractivity contribution >= 4 is 39.5 Å². The van der Waals surface area contributed by atoms with Crippen molar-refractivity contribution in [2.24, 2.45) is 10.2 Å². The summed E-state index contributed by atoms with van der Waals surface area (Å²) in [5, 5.41) is 21.1. The Morgan fingerprint density at radius 2 is 1.93 bits per heavy atom. The minimum absolute atomic E-state index is 0.168. The molecular weight excluding hydrogens is 384 g/mol. The number of nitrogens with zero attached hydrogens (tertiary/aromatic N) is 5. The molecule has 29 heavy (non-hydrogen) atoms. The first kappa shape index (κ1) is 22.5. The minimum atomic E-state index is -0.168. The highest BCUT2D eigenvalue weighted by atomic mass is 32.1. The van der Waals surface area contributed by atoms with Crippen LogP contribution in [0.1, 0.15) is 57.7 Å². The average Bonchev–Trinajstić information content (AvgIpc) is 3.06. The monoisotopic (exact) mass is 412 g/mol. The predicted octanol–water partition coefficient (Wildman–Crippen LogP) is 6.10. The number of rotatable bonds is 10. The summed E-state index contributed by atoms with van der Waals surface area (Å²) in [6.07, 6.45) is 4.48. The Bertz CT molecular complexity index is 891. The third kappa shape index (κ3) is 6.36. The molecule has 154 valence electrons. The summed E-state index contributed by atoms with van der Waals surface area (Å²) >= 11 is 1.14. The predicted molar refractivity (Wildman–Crippen MR) is 119 cm³/mol. The number of benzene rings is 1. The molecule has 0 aliphatic rings. The van der Waals surface area contributed by atoms with Crippen molar-refractivity contribution in [3.05, 3.63) is 29.5 Å². The molecule has 0 bridgehead atoms. The van der Waals surface area contributed by atoms with Gasteiger partial charge in [0, 0.05) is 25.7 Å². The van der Waals surface area contributed by atoms with Crippen LogP contribution in [-0.4, -0.2) is 23.4 Å². The van der Waals surface area contributed by atoms with E-state index in [0.29, 0.717) is 27.6 Å². The number of carbonyl (C=O) groups is 1. The fraction of sp³-hybridized carbons (Fsp3) is 0.476. The smallest absolute Gasteiger partial charge is 0.221 e. The molecular formula is C21H28N6OS. The normalized spacial score (nSPS) is 10.9. The number of carbonyl (C=O) groups excluding carboxylic acids is 1. The van der Waals surface area contributed by atoms with Gasteiger partial charge < -0.3 is 10.2 Å². The van der Waals surface area contributed by atoms with Crippen molar-refractivity contribution in [3.63, 3.8) is 0 Å². The Morgan fingerprint density at radius 1 is 1.24 bits per heavy atom. The van der Waals surface area contributed by atoms with E-state index >= 15 is 0 Å². The molecule has 0 spiro atoms. The van der Waals surface area contributed by atoms with E-state index in [4.69, 9.17) is 0 Å². The zero-order chi connectivity index (χ0) is 21.2. The number of aryl methyl sites for hydroxylation is 1. The van der Waals surface area contributed by atoms with Crippen LogP contribution >= 0.6 is 11.5 Å². The van der Waals surface area contributed by atoms with Crippen LogP contribution in [-0.2, 0) is 4.79 Å². The summed E-state index contributed by atoms with van der Waals surface area (Å²) in [5.41, 5.74) is 3.29. The van der Waals surface area contributed by atoms with E-state index in [1.54, 1.807) is 6.92 Å². The van der Waals surface area contributed by atoms with Gasteiger partial charge in [0.2, 0.25) is 5.91 Å². The van der Waals surface area contributed by atoms with Crippen molar-refractivity contribution < 1.29 is 4.79 Å². The highest BCUT2D eigenvalue weighted by Crippen LogP contribution is 2.34. The minimum Gasteiger partial charge on any atom is -0.371 e. The summed E-state index contributed by atoms with van der Waals surface area (Å²) in [5.74, 6) is -0.168. The van der Waals surface area contributed by atoms with Crippen LogP contribution in [0.5, 0.6) is 0 Å². The van der Waals surface area contributed by atoms with Gasteiger partial charge in [-0.05, 0) is 49.5 Å². The Balaban J connectivity index is 2.36. The lowest BCUT2D eigenvalue weighted by molar-refractivity contribution is -0.114. The maximum Gasteiger partial charge on any atom is 0.221 e. The fourth-order valence-corrected chi connectivity index (χ4v) is 3.50. The summed E-state index contributed by atoms with van der Waals surface area (Å²) in [7, 11) is 0. The average molecular weight is 413 g/mol. The van der Waals surface area contributed by atoms with Crippen molar-refractivity contribution in [3.8, 4) is 6.07 Å². The second kappa shape index (κ2) is 11.3. The second-order valence-corrected chi connectivity index (χ2v) is 7.59. The Kier molecular flexibility index (Phi) is 8.74. The first-order chi connectivity index (χ1) is 14.0. The van der Waals surface area contributed by atoms with Gasteiger partial charge in [-0.15, -0.1) is 10.2 Å². The molecule has 0 atom stereocenters. The van der Waals surface area contributed by atoms with E-state index in [1.807, 2.05) is 18.2 Å². The van der Waals surface area contributed by atoms with Gasteiger partial charge in [0.1, 0.15) is 17.3 Å². The van der Waals surface area contributed by atoms with Gasteiger partial charge in [-0.3, -0.25) is 4.79 Å². The van der Waals surface area contributed by atoms with E-state index in [9.17, 15) is 10.1 Å². The lowest BCUT2D eigenvalue weighted by Crippen LogP contribution is -2.25. The summed E-state index contributed by atoms with van der Waals surface area (Å²) in [4.78, 5) is 14.1. The lowest BCUT2D eigenvalue weighted by Gasteiger charge is -2.25. The zero-order valence-corrected chi connectivity index (χ0v) is 18.3. The molecule has 8 heteroatoms. The molecule has 0 unspecified atom stereocenters. The molecule has 7 nitrogen and oxygen atoms in total. The van der Waals surface area contributed by atoms with E-state index < -0.39 is 0 Å². The molecule has 1 aromatic heterocycles. The molecule has 1 N–H and O–H groups in total. The highest BCUT2D eigenvalue weighted by Gasteiger charge is 2.12. The number of azo groups is 1. The van der Waals surface area contributed by atoms with Gasteiger partial charge in [0.15, 0.2) is 5.00 Å². The van der Waals surface area contributed by atoms with Crippen molar-refractivity contribution in [1.29, 1.82) is 5.26 Å². The molecule has 1 aromatic carbocycles. The van der Waals surface area contributed by atoms with E-state index in [0.717, 1.165) is 56.0 Å². The third-order valence-electron chi connectivity index (χ3n) is 4.42. The number of unbranched alkanes of at least 4 members (excludes halogenated alkanes) is 2. The molecule has 1 heterocycles. The number of anilines is 2. The maximum absolute atomic E-state index is 11.7. The largest absolute Gasteiger partial charge is 0.371 e. The maximum atomic E-state index is 11.7. The topological polar surface area (TPSA) is 93.7 Å². The standard InChI is InChI=1S/C21H28N6OS/c1-5-7-11-27(12-8-6-2)17-9-10-19(20(13-17)23-16(4)28)24-25-21-18(14-22)15(3)26-29-21/h9-10,13H,5-8,11-12H2,1-4H3,(H,23,28). The van der Waals surface area contributed by atoms with Crippen molar-refractivity contribution in [2.75, 3.05) is 23.3 Å². The van der Waals surface area contributed by atoms with Gasteiger partial charge in [0.25, 0.3) is 0 Å². The Hall–Kier alpha value is -2.79. The number of amides is 1. The molecule has 2 rings (SSSR count). The van der Waals surface area contributed by atoms with Crippen LogP contribution in [0.3, 0.4) is 0 Å². The van der Waals surface area contributed by atoms with Crippen LogP contribution in [0.15, 0.2) is 28.4 Å². The van der Waals surface area contributed by atoms with Crippen molar-refractivity contribution in [1.82, 2.24) is 4.37 Å². The number of hydrogen-bond donors (Lipinski definition) is 1. The third-order valence-corrected chi connectivity index (χ3v) is 5.25. The van der Waals surface area contributed by atoms with E-state index in [1.165, 1.54) is 6.92 Å². The van der Waals surface area contributed by atoms with Crippen LogP contribution in [0.4, 0.5) is 22.1 Å². The Labute approximate surface area is 176 Å². The molecule has 0 radical (unpaired) electrons. The molecule has 0 saturated heterocycles. The first-order valence-corrected chi connectivity index (χ1v) is 10.7. The van der Waals surface area contributed by atoms with Gasteiger partial charge in [-0.2, -0.15) is 9.64 Å². The number of nitriles is 1. The second-order valence-electron chi connectivity index (χ2n) is 6.84. The molecule has 0 saturated carbocycles. The summed E-state index contributed by atoms with van der Waals surface area (Å²) < 4.78 is 4.15. The molecule has 1 amide bonds. The molecule has 0 aliphatic heterocycles. The van der Waals surface area contributed by atoms with Gasteiger partial charge in [0.05, 0.1) is 11.4 Å². The van der Waals surface area contributed by atoms with Crippen LogP contribution in [0.2, 0.25) is 0 Å². The first-order valence-electron chi connectivity index (χ1n) is 9.94.